The van der Waals surface area contributed by atoms with Crippen LogP contribution in [0.3, 0.4) is 0 Å². The highest BCUT2D eigenvalue weighted by Crippen LogP contribution is 2.17. The highest BCUT2D eigenvalue weighted by Gasteiger charge is 2.31. The van der Waals surface area contributed by atoms with Crippen LogP contribution in [0.1, 0.15) is 44.0 Å². The number of carbonyl (C=O) groups is 2. The Morgan fingerprint density at radius 3 is 2.46 bits per heavy atom. The number of rotatable bonds is 7. The SMILES string of the molecule is CCN(CC1CCCO1)C(=O)C(NC(=O)c1c(F)cccc1F)C(C)C. The van der Waals surface area contributed by atoms with Crippen LogP contribution >= 0.6 is 0 Å². The molecule has 2 rings (SSSR count). The first-order chi connectivity index (χ1) is 12.3. The van der Waals surface area contributed by atoms with E-state index in [1.54, 1.807) is 18.7 Å². The fourth-order valence-corrected chi connectivity index (χ4v) is 3.05. The summed E-state index contributed by atoms with van der Waals surface area (Å²) >= 11 is 0. The van der Waals surface area contributed by atoms with Gasteiger partial charge in [0.1, 0.15) is 23.2 Å². The zero-order valence-corrected chi connectivity index (χ0v) is 15.4. The minimum atomic E-state index is -0.954. The summed E-state index contributed by atoms with van der Waals surface area (Å²) in [4.78, 5) is 26.9. The first-order valence-electron chi connectivity index (χ1n) is 9.00. The van der Waals surface area contributed by atoms with Gasteiger partial charge in [-0.25, -0.2) is 8.78 Å². The molecule has 0 radical (unpaired) electrons. The Labute approximate surface area is 152 Å². The monoisotopic (exact) mass is 368 g/mol. The normalized spacial score (nSPS) is 18.0. The summed E-state index contributed by atoms with van der Waals surface area (Å²) in [7, 11) is 0. The molecule has 1 saturated heterocycles. The predicted octanol–water partition coefficient (Wildman–Crippen LogP) is 2.75. The van der Waals surface area contributed by atoms with Crippen molar-refractivity contribution in [3.05, 3.63) is 35.4 Å². The Morgan fingerprint density at radius 2 is 1.96 bits per heavy atom. The Balaban J connectivity index is 2.13. The van der Waals surface area contributed by atoms with Crippen molar-refractivity contribution in [3.63, 3.8) is 0 Å². The number of likely N-dealkylation sites (N-methyl/N-ethyl adjacent to an activating group) is 1. The number of hydrogen-bond acceptors (Lipinski definition) is 3. The van der Waals surface area contributed by atoms with E-state index in [0.717, 1.165) is 25.0 Å². The summed E-state index contributed by atoms with van der Waals surface area (Å²) in [6.07, 6.45) is 1.85. The summed E-state index contributed by atoms with van der Waals surface area (Å²) in [5.74, 6) is -3.35. The molecule has 1 aromatic rings. The van der Waals surface area contributed by atoms with Gasteiger partial charge in [0.2, 0.25) is 5.91 Å². The second-order valence-electron chi connectivity index (χ2n) is 6.80. The van der Waals surface area contributed by atoms with Crippen molar-refractivity contribution in [1.82, 2.24) is 10.2 Å². The average Bonchev–Trinajstić information content (AvgIpc) is 3.09. The molecule has 0 spiro atoms. The number of ether oxygens (including phenoxy) is 1. The molecule has 1 fully saturated rings. The van der Waals surface area contributed by atoms with Gasteiger partial charge in [-0.1, -0.05) is 19.9 Å². The van der Waals surface area contributed by atoms with Crippen molar-refractivity contribution in [2.45, 2.75) is 45.8 Å². The van der Waals surface area contributed by atoms with E-state index in [4.69, 9.17) is 4.74 Å². The van der Waals surface area contributed by atoms with Crippen LogP contribution < -0.4 is 5.32 Å². The highest BCUT2D eigenvalue weighted by molar-refractivity contribution is 5.98. The number of carbonyl (C=O) groups excluding carboxylic acids is 2. The molecule has 26 heavy (non-hydrogen) atoms. The average molecular weight is 368 g/mol. The summed E-state index contributed by atoms with van der Waals surface area (Å²) in [6.45, 7) is 7.01. The topological polar surface area (TPSA) is 58.6 Å². The lowest BCUT2D eigenvalue weighted by Gasteiger charge is -2.30. The van der Waals surface area contributed by atoms with Crippen molar-refractivity contribution >= 4 is 11.8 Å². The molecule has 2 atom stereocenters. The van der Waals surface area contributed by atoms with Crippen LogP contribution in [0.25, 0.3) is 0 Å². The second kappa shape index (κ2) is 9.07. The second-order valence-corrected chi connectivity index (χ2v) is 6.80. The standard InChI is InChI=1S/C19H26F2N2O3/c1-4-23(11-13-7-6-10-26-13)19(25)17(12(2)3)22-18(24)16-14(20)8-5-9-15(16)21/h5,8-9,12-13,17H,4,6-7,10-11H2,1-3H3,(H,22,24). The van der Waals surface area contributed by atoms with E-state index in [2.05, 4.69) is 5.32 Å². The van der Waals surface area contributed by atoms with Crippen LogP contribution in [0.15, 0.2) is 18.2 Å². The molecule has 144 valence electrons. The maximum atomic E-state index is 13.8. The zero-order chi connectivity index (χ0) is 19.3. The van der Waals surface area contributed by atoms with Gasteiger partial charge in [0.05, 0.1) is 6.10 Å². The van der Waals surface area contributed by atoms with Crippen molar-refractivity contribution in [3.8, 4) is 0 Å². The van der Waals surface area contributed by atoms with Crippen LogP contribution in [-0.4, -0.2) is 48.6 Å². The Morgan fingerprint density at radius 1 is 1.31 bits per heavy atom. The Bertz CT molecular complexity index is 625. The van der Waals surface area contributed by atoms with Crippen molar-refractivity contribution < 1.29 is 23.1 Å². The van der Waals surface area contributed by atoms with E-state index in [-0.39, 0.29) is 17.9 Å². The van der Waals surface area contributed by atoms with E-state index in [0.29, 0.717) is 19.7 Å². The first-order valence-corrected chi connectivity index (χ1v) is 9.00. The quantitative estimate of drug-likeness (QED) is 0.805. The van der Waals surface area contributed by atoms with Crippen LogP contribution in [0.2, 0.25) is 0 Å². The molecule has 2 unspecified atom stereocenters. The van der Waals surface area contributed by atoms with Crippen LogP contribution in [0.4, 0.5) is 8.78 Å². The van der Waals surface area contributed by atoms with Gasteiger partial charge in [-0.3, -0.25) is 9.59 Å². The first kappa shape index (κ1) is 20.3. The molecule has 2 amide bonds. The number of hydrogen-bond donors (Lipinski definition) is 1. The molecule has 7 heteroatoms. The molecule has 1 aromatic carbocycles. The van der Waals surface area contributed by atoms with E-state index in [1.165, 1.54) is 6.07 Å². The van der Waals surface area contributed by atoms with E-state index in [1.807, 2.05) is 6.92 Å². The van der Waals surface area contributed by atoms with E-state index < -0.39 is 29.1 Å². The highest BCUT2D eigenvalue weighted by atomic mass is 19.1. The van der Waals surface area contributed by atoms with Crippen molar-refractivity contribution in [1.29, 1.82) is 0 Å². The maximum Gasteiger partial charge on any atom is 0.257 e. The van der Waals surface area contributed by atoms with Crippen LogP contribution in [-0.2, 0) is 9.53 Å². The van der Waals surface area contributed by atoms with Gasteiger partial charge in [0.25, 0.3) is 5.91 Å². The summed E-state index contributed by atoms with van der Waals surface area (Å²) in [5.41, 5.74) is -0.673. The summed E-state index contributed by atoms with van der Waals surface area (Å²) in [5, 5.41) is 2.50. The maximum absolute atomic E-state index is 13.8. The molecule has 0 saturated carbocycles. The van der Waals surface area contributed by atoms with E-state index in [9.17, 15) is 18.4 Å². The smallest absolute Gasteiger partial charge is 0.257 e. The molecule has 5 nitrogen and oxygen atoms in total. The lowest BCUT2D eigenvalue weighted by atomic mass is 10.0. The number of nitrogens with one attached hydrogen (secondary N) is 1. The third kappa shape index (κ3) is 4.78. The predicted molar refractivity (Wildman–Crippen MR) is 93.7 cm³/mol. The molecule has 0 aromatic heterocycles. The number of amides is 2. The van der Waals surface area contributed by atoms with Gasteiger partial charge in [0, 0.05) is 19.7 Å². The number of nitrogens with zero attached hydrogens (tertiary/aromatic N) is 1. The third-order valence-electron chi connectivity index (χ3n) is 4.55. The molecule has 1 N–H and O–H groups in total. The van der Waals surface area contributed by atoms with Gasteiger partial charge < -0.3 is 15.0 Å². The lowest BCUT2D eigenvalue weighted by molar-refractivity contribution is -0.135. The van der Waals surface area contributed by atoms with E-state index >= 15 is 0 Å². The van der Waals surface area contributed by atoms with Crippen LogP contribution in [0, 0.1) is 17.6 Å². The summed E-state index contributed by atoms with van der Waals surface area (Å²) in [6, 6.07) is 2.34. The Kier molecular flexibility index (Phi) is 7.08. The number of halogens is 2. The molecule has 1 aliphatic heterocycles. The third-order valence-corrected chi connectivity index (χ3v) is 4.55. The molecule has 0 aliphatic carbocycles. The van der Waals surface area contributed by atoms with Gasteiger partial charge in [-0.15, -0.1) is 0 Å². The zero-order valence-electron chi connectivity index (χ0n) is 15.4. The van der Waals surface area contributed by atoms with Gasteiger partial charge in [0.15, 0.2) is 0 Å². The van der Waals surface area contributed by atoms with Crippen molar-refractivity contribution in [2.75, 3.05) is 19.7 Å². The number of benzene rings is 1. The minimum Gasteiger partial charge on any atom is -0.376 e. The largest absolute Gasteiger partial charge is 0.376 e. The van der Waals surface area contributed by atoms with Crippen molar-refractivity contribution in [2.24, 2.45) is 5.92 Å². The molecule has 1 aliphatic rings. The van der Waals surface area contributed by atoms with Crippen LogP contribution in [0.5, 0.6) is 0 Å². The molecular formula is C19H26F2N2O3. The molecular weight excluding hydrogens is 342 g/mol. The van der Waals surface area contributed by atoms with Gasteiger partial charge in [-0.2, -0.15) is 0 Å². The molecule has 0 bridgehead atoms. The van der Waals surface area contributed by atoms with Gasteiger partial charge in [-0.05, 0) is 37.8 Å². The minimum absolute atomic E-state index is 0.00794. The van der Waals surface area contributed by atoms with Gasteiger partial charge >= 0.3 is 0 Å². The molecule has 1 heterocycles. The lowest BCUT2D eigenvalue weighted by Crippen LogP contribution is -2.52. The fourth-order valence-electron chi connectivity index (χ4n) is 3.05. The fraction of sp³-hybridized carbons (Fsp3) is 0.579. The summed E-state index contributed by atoms with van der Waals surface area (Å²) < 4.78 is 33.2. The Hall–Kier alpha value is -2.02.